The summed E-state index contributed by atoms with van der Waals surface area (Å²) < 4.78 is 0. The minimum Gasteiger partial charge on any atom is -0.511 e. The molecule has 0 fully saturated rings. The fourth-order valence-electron chi connectivity index (χ4n) is 8.29. The van der Waals surface area contributed by atoms with Crippen LogP contribution in [0.5, 0.6) is 5.75 Å². The summed E-state index contributed by atoms with van der Waals surface area (Å²) in [6, 6.07) is 2.00. The minimum absolute atomic E-state index is 0.0598. The summed E-state index contributed by atoms with van der Waals surface area (Å²) in [4.78, 5) is 40.8. The number of phenols is 1. The Labute approximate surface area is 243 Å². The molecule has 0 spiro atoms. The van der Waals surface area contributed by atoms with Gasteiger partial charge in [-0.05, 0) is 67.1 Å². The molecule has 0 saturated heterocycles. The molecule has 224 valence electrons. The number of aliphatic hydroxyl groups excluding tert-OH is 2. The topological polar surface area (TPSA) is 132 Å². The highest BCUT2D eigenvalue weighted by molar-refractivity contribution is 6.25. The second-order valence-electron chi connectivity index (χ2n) is 14.2. The molecule has 0 amide bonds. The van der Waals surface area contributed by atoms with E-state index in [0.717, 1.165) is 30.9 Å². The van der Waals surface area contributed by atoms with Crippen molar-refractivity contribution in [2.75, 3.05) is 0 Å². The number of carbonyl (C=O) groups excluding carboxylic acids is 3. The molecule has 0 radical (unpaired) electrons. The molecule has 4 rings (SSSR count). The third-order valence-electron chi connectivity index (χ3n) is 9.97. The fraction of sp³-hybridized carbons (Fsp3) is 0.618. The van der Waals surface area contributed by atoms with Crippen LogP contribution in [-0.2, 0) is 22.4 Å². The zero-order chi connectivity index (χ0) is 31.0. The maximum Gasteiger partial charge on any atom is 0.209 e. The van der Waals surface area contributed by atoms with Crippen LogP contribution >= 0.6 is 0 Å². The highest BCUT2D eigenvalue weighted by atomic mass is 16.3. The first kappa shape index (κ1) is 31.0. The molecule has 1 aromatic rings. The summed E-state index contributed by atoms with van der Waals surface area (Å²) in [5.74, 6) is -4.26. The Bertz CT molecular complexity index is 1390. The van der Waals surface area contributed by atoms with Crippen LogP contribution in [-0.4, -0.2) is 43.4 Å². The Morgan fingerprint density at radius 2 is 1.66 bits per heavy atom. The van der Waals surface area contributed by atoms with Gasteiger partial charge >= 0.3 is 0 Å². The molecule has 3 aliphatic rings. The number of rotatable bonds is 7. The number of fused-ring (bicyclic) bond motifs is 3. The fourth-order valence-corrected chi connectivity index (χ4v) is 8.29. The number of hydrogen-bond donors (Lipinski definition) is 4. The monoisotopic (exact) mass is 566 g/mol. The largest absolute Gasteiger partial charge is 0.511 e. The van der Waals surface area contributed by atoms with Crippen LogP contribution in [0.3, 0.4) is 0 Å². The van der Waals surface area contributed by atoms with E-state index >= 15 is 0 Å². The molecular weight excluding hydrogens is 520 g/mol. The highest BCUT2D eigenvalue weighted by Crippen LogP contribution is 2.65. The van der Waals surface area contributed by atoms with Crippen LogP contribution in [0.4, 0.5) is 0 Å². The molecule has 4 atom stereocenters. The predicted octanol–water partition coefficient (Wildman–Crippen LogP) is 6.45. The van der Waals surface area contributed by atoms with Crippen molar-refractivity contribution in [1.29, 1.82) is 0 Å². The van der Waals surface area contributed by atoms with Gasteiger partial charge in [0.25, 0.3) is 0 Å². The van der Waals surface area contributed by atoms with Crippen molar-refractivity contribution in [1.82, 2.24) is 0 Å². The molecule has 41 heavy (non-hydrogen) atoms. The number of allylic oxidation sites excluding steroid dienone is 2. The first-order valence-electron chi connectivity index (χ1n) is 14.9. The number of benzene rings is 1. The lowest BCUT2D eigenvalue weighted by Gasteiger charge is -2.59. The van der Waals surface area contributed by atoms with E-state index in [4.69, 9.17) is 0 Å². The lowest BCUT2D eigenvalue weighted by atomic mass is 9.44. The maximum atomic E-state index is 14.4. The number of aryl methyl sites for hydroxylation is 1. The summed E-state index contributed by atoms with van der Waals surface area (Å²) in [5, 5.41) is 46.8. The number of Topliss-reactive ketones (excluding diaryl/α,β-unsaturated/α-hetero) is 3. The van der Waals surface area contributed by atoms with Gasteiger partial charge < -0.3 is 20.4 Å². The van der Waals surface area contributed by atoms with E-state index in [1.165, 1.54) is 0 Å². The minimum atomic E-state index is -2.59. The first-order chi connectivity index (χ1) is 18.8. The molecule has 0 aliphatic heterocycles. The highest BCUT2D eigenvalue weighted by Gasteiger charge is 2.71. The molecule has 1 unspecified atom stereocenters. The first-order valence-corrected chi connectivity index (χ1v) is 14.9. The van der Waals surface area contributed by atoms with Crippen molar-refractivity contribution >= 4 is 17.3 Å². The molecule has 0 heterocycles. The van der Waals surface area contributed by atoms with Crippen molar-refractivity contribution in [3.63, 3.8) is 0 Å². The van der Waals surface area contributed by atoms with Crippen molar-refractivity contribution < 1.29 is 34.8 Å². The van der Waals surface area contributed by atoms with Crippen LogP contribution < -0.4 is 0 Å². The Morgan fingerprint density at radius 3 is 2.17 bits per heavy atom. The van der Waals surface area contributed by atoms with Gasteiger partial charge in [0.15, 0.2) is 17.2 Å². The molecule has 0 saturated carbocycles. The molecular formula is C34H46O7. The summed E-state index contributed by atoms with van der Waals surface area (Å²) in [5.41, 5.74) is -3.20. The second kappa shape index (κ2) is 10.1. The van der Waals surface area contributed by atoms with E-state index in [1.54, 1.807) is 6.92 Å². The molecule has 1 aromatic carbocycles. The number of aliphatic hydroxyl groups is 3. The number of hydrogen-bond acceptors (Lipinski definition) is 7. The standard InChI is InChI=1S/C34H46O7/c1-16(2)11-10-12-20-13-21(17(3)4)22-14-32(8)15-33(9)25(18(5)6)28(37)23(19(7)35)30(39)34(33,41)31(40)26(32)29(38)24(22)27(20)36/h13,16-18,25,36-37,40-41H,10-12,14-15H2,1-9H3/t25?,32-,33-,34+/m1/s1. The third kappa shape index (κ3) is 4.29. The van der Waals surface area contributed by atoms with E-state index in [9.17, 15) is 34.8 Å². The van der Waals surface area contributed by atoms with Gasteiger partial charge in [0.1, 0.15) is 22.8 Å². The van der Waals surface area contributed by atoms with Gasteiger partial charge in [0, 0.05) is 22.3 Å². The average molecular weight is 567 g/mol. The molecule has 7 nitrogen and oxygen atoms in total. The van der Waals surface area contributed by atoms with Crippen LogP contribution in [0.25, 0.3) is 0 Å². The molecule has 3 aliphatic carbocycles. The van der Waals surface area contributed by atoms with Gasteiger partial charge in [-0.2, -0.15) is 0 Å². The summed E-state index contributed by atoms with van der Waals surface area (Å²) in [7, 11) is 0. The van der Waals surface area contributed by atoms with Crippen LogP contribution in [0.1, 0.15) is 115 Å². The van der Waals surface area contributed by atoms with Crippen LogP contribution in [0.15, 0.2) is 28.7 Å². The molecule has 0 aromatic heterocycles. The lowest BCUT2D eigenvalue weighted by Crippen LogP contribution is -2.67. The van der Waals surface area contributed by atoms with Crippen LogP contribution in [0.2, 0.25) is 0 Å². The Balaban J connectivity index is 2.01. The van der Waals surface area contributed by atoms with Crippen molar-refractivity contribution in [2.45, 2.75) is 106 Å². The van der Waals surface area contributed by atoms with Gasteiger partial charge in [-0.3, -0.25) is 14.4 Å². The second-order valence-corrected chi connectivity index (χ2v) is 14.2. The number of aromatic hydroxyl groups is 1. The molecule has 4 N–H and O–H groups in total. The van der Waals surface area contributed by atoms with Gasteiger partial charge in [-0.1, -0.05) is 67.9 Å². The lowest BCUT2D eigenvalue weighted by molar-refractivity contribution is -0.171. The van der Waals surface area contributed by atoms with Crippen LogP contribution in [0, 0.1) is 28.6 Å². The number of ketones is 3. The number of carbonyl (C=O) groups is 3. The van der Waals surface area contributed by atoms with E-state index in [2.05, 4.69) is 13.8 Å². The van der Waals surface area contributed by atoms with E-state index in [1.807, 2.05) is 40.7 Å². The van der Waals surface area contributed by atoms with Crippen molar-refractivity contribution in [2.24, 2.45) is 28.6 Å². The Kier molecular flexibility index (Phi) is 7.65. The predicted molar refractivity (Wildman–Crippen MR) is 157 cm³/mol. The summed E-state index contributed by atoms with van der Waals surface area (Å²) in [6.45, 7) is 16.6. The van der Waals surface area contributed by atoms with Crippen molar-refractivity contribution in [3.05, 3.63) is 51.0 Å². The van der Waals surface area contributed by atoms with Gasteiger partial charge in [-0.25, -0.2) is 0 Å². The van der Waals surface area contributed by atoms with E-state index in [0.29, 0.717) is 24.3 Å². The molecule has 7 heteroatoms. The summed E-state index contributed by atoms with van der Waals surface area (Å²) >= 11 is 0. The quantitative estimate of drug-likeness (QED) is 0.279. The van der Waals surface area contributed by atoms with Gasteiger partial charge in [-0.15, -0.1) is 0 Å². The Morgan fingerprint density at radius 1 is 1.05 bits per heavy atom. The third-order valence-corrected chi connectivity index (χ3v) is 9.97. The van der Waals surface area contributed by atoms with E-state index in [-0.39, 0.29) is 40.9 Å². The average Bonchev–Trinajstić information content (AvgIpc) is 2.81. The molecule has 0 bridgehead atoms. The Hall–Kier alpha value is -2.93. The maximum absolute atomic E-state index is 14.4. The zero-order valence-electron chi connectivity index (χ0n) is 25.9. The summed E-state index contributed by atoms with van der Waals surface area (Å²) in [6.07, 6.45) is 2.80. The smallest absolute Gasteiger partial charge is 0.209 e. The van der Waals surface area contributed by atoms with Gasteiger partial charge in [0.2, 0.25) is 5.78 Å². The SMILES string of the molecule is CC(=O)C1=C(O)C(C(C)C)[C@@]2(C)C[C@@]3(C)Cc4c(C(C)C)cc(CCCC(C)C)c(O)c4C(=O)C3=C(O)[C@@]2(O)C1=O. The van der Waals surface area contributed by atoms with Crippen molar-refractivity contribution in [3.8, 4) is 5.75 Å². The van der Waals surface area contributed by atoms with E-state index < -0.39 is 51.0 Å². The number of phenolic OH excluding ortho intramolecular Hbond substituents is 1. The zero-order valence-corrected chi connectivity index (χ0v) is 25.9. The van der Waals surface area contributed by atoms with Gasteiger partial charge in [0.05, 0.1) is 5.56 Å². The normalized spacial score (nSPS) is 29.8.